The van der Waals surface area contributed by atoms with Crippen LogP contribution in [0.4, 0.5) is 8.78 Å². The Bertz CT molecular complexity index is 601. The monoisotopic (exact) mass is 284 g/mol. The lowest BCUT2D eigenvalue weighted by Gasteiger charge is -2.03. The molecule has 0 saturated carbocycles. The van der Waals surface area contributed by atoms with Crippen LogP contribution >= 0.6 is 11.6 Å². The van der Waals surface area contributed by atoms with Crippen molar-refractivity contribution in [3.63, 3.8) is 0 Å². The molecule has 0 bridgehead atoms. The predicted octanol–water partition coefficient (Wildman–Crippen LogP) is 2.64. The molecular weight excluding hydrogens is 274 g/mol. The number of halogens is 3. The van der Waals surface area contributed by atoms with Crippen LogP contribution in [0.5, 0.6) is 0 Å². The number of aromatic amines is 1. The molecule has 0 radical (unpaired) electrons. The van der Waals surface area contributed by atoms with E-state index in [1.54, 1.807) is 12.1 Å². The fraction of sp³-hybridized carbons (Fsp3) is 0.333. The fourth-order valence-electron chi connectivity index (χ4n) is 2.13. The molecule has 0 unspecified atom stereocenters. The van der Waals surface area contributed by atoms with E-state index in [0.717, 1.165) is 0 Å². The quantitative estimate of drug-likeness (QED) is 0.891. The van der Waals surface area contributed by atoms with Crippen LogP contribution in [-0.2, 0) is 0 Å². The van der Waals surface area contributed by atoms with Crippen molar-refractivity contribution in [1.29, 1.82) is 0 Å². The van der Waals surface area contributed by atoms with E-state index in [9.17, 15) is 8.78 Å². The van der Waals surface area contributed by atoms with E-state index in [1.807, 2.05) is 0 Å². The van der Waals surface area contributed by atoms with Gasteiger partial charge < -0.3 is 5.32 Å². The van der Waals surface area contributed by atoms with Crippen LogP contribution in [0.15, 0.2) is 18.2 Å². The molecule has 0 aliphatic carbocycles. The van der Waals surface area contributed by atoms with Crippen molar-refractivity contribution in [2.24, 2.45) is 0 Å². The molecule has 0 amide bonds. The second-order valence-electron chi connectivity index (χ2n) is 4.44. The number of aromatic nitrogens is 3. The Labute approximate surface area is 113 Å². The second-order valence-corrected chi connectivity index (χ2v) is 4.85. The van der Waals surface area contributed by atoms with E-state index < -0.39 is 12.0 Å². The van der Waals surface area contributed by atoms with Crippen molar-refractivity contribution in [2.75, 3.05) is 6.54 Å². The Kier molecular flexibility index (Phi) is 3.20. The van der Waals surface area contributed by atoms with Crippen molar-refractivity contribution >= 4 is 11.6 Å². The molecule has 1 aliphatic rings. The normalized spacial score (nSPS) is 22.9. The van der Waals surface area contributed by atoms with Gasteiger partial charge in [0.2, 0.25) is 0 Å². The largest absolute Gasteiger partial charge is 0.304 e. The topological polar surface area (TPSA) is 53.6 Å². The van der Waals surface area contributed by atoms with Crippen molar-refractivity contribution in [3.05, 3.63) is 34.9 Å². The maximum absolute atomic E-state index is 13.8. The van der Waals surface area contributed by atoms with Gasteiger partial charge in [0.15, 0.2) is 11.6 Å². The van der Waals surface area contributed by atoms with Gasteiger partial charge in [-0.3, -0.25) is 5.10 Å². The highest BCUT2D eigenvalue weighted by Gasteiger charge is 2.27. The first-order valence-corrected chi connectivity index (χ1v) is 6.27. The van der Waals surface area contributed by atoms with E-state index in [1.165, 1.54) is 6.07 Å². The van der Waals surface area contributed by atoms with Crippen molar-refractivity contribution in [2.45, 2.75) is 18.6 Å². The van der Waals surface area contributed by atoms with Gasteiger partial charge in [0, 0.05) is 13.0 Å². The Morgan fingerprint density at radius 2 is 2.21 bits per heavy atom. The average Bonchev–Trinajstić information content (AvgIpc) is 3.01. The molecule has 7 heteroatoms. The summed E-state index contributed by atoms with van der Waals surface area (Å²) in [4.78, 5) is 4.20. The summed E-state index contributed by atoms with van der Waals surface area (Å²) >= 11 is 5.71. The van der Waals surface area contributed by atoms with E-state index in [4.69, 9.17) is 11.6 Å². The van der Waals surface area contributed by atoms with E-state index in [2.05, 4.69) is 20.5 Å². The van der Waals surface area contributed by atoms with E-state index >= 15 is 0 Å². The molecular formula is C12H11ClF2N4. The minimum Gasteiger partial charge on any atom is -0.304 e. The van der Waals surface area contributed by atoms with Crippen LogP contribution in [0.25, 0.3) is 11.4 Å². The maximum Gasteiger partial charge on any atom is 0.184 e. The Morgan fingerprint density at radius 1 is 1.37 bits per heavy atom. The minimum absolute atomic E-state index is 0.0201. The van der Waals surface area contributed by atoms with Crippen molar-refractivity contribution in [1.82, 2.24) is 20.5 Å². The Balaban J connectivity index is 1.91. The molecule has 2 heterocycles. The number of rotatable bonds is 2. The molecule has 100 valence electrons. The molecule has 2 aromatic rings. The number of hydrogen-bond donors (Lipinski definition) is 2. The van der Waals surface area contributed by atoms with Gasteiger partial charge in [-0.1, -0.05) is 17.7 Å². The van der Waals surface area contributed by atoms with E-state index in [0.29, 0.717) is 18.8 Å². The molecule has 1 aromatic carbocycles. The van der Waals surface area contributed by atoms with Gasteiger partial charge in [0.1, 0.15) is 12.0 Å². The Morgan fingerprint density at radius 3 is 2.95 bits per heavy atom. The molecule has 1 fully saturated rings. The van der Waals surface area contributed by atoms with Crippen LogP contribution in [0.1, 0.15) is 18.3 Å². The first-order valence-electron chi connectivity index (χ1n) is 5.89. The summed E-state index contributed by atoms with van der Waals surface area (Å²) in [6, 6.07) is 4.43. The molecule has 2 N–H and O–H groups in total. The SMILES string of the molecule is Fc1c(Cl)cccc1-c1n[nH]c([C@H]2C[C@@H](F)CN2)n1. The Hall–Kier alpha value is -1.53. The smallest absolute Gasteiger partial charge is 0.184 e. The molecule has 0 spiro atoms. The highest BCUT2D eigenvalue weighted by Crippen LogP contribution is 2.27. The maximum atomic E-state index is 13.8. The summed E-state index contributed by atoms with van der Waals surface area (Å²) in [5.41, 5.74) is 0.227. The van der Waals surface area contributed by atoms with Gasteiger partial charge in [-0.2, -0.15) is 5.10 Å². The average molecular weight is 285 g/mol. The fourth-order valence-corrected chi connectivity index (χ4v) is 2.30. The molecule has 1 aliphatic heterocycles. The summed E-state index contributed by atoms with van der Waals surface area (Å²) in [6.45, 7) is 0.298. The molecule has 1 saturated heterocycles. The van der Waals surface area contributed by atoms with Crippen LogP contribution < -0.4 is 5.32 Å². The number of benzene rings is 1. The summed E-state index contributed by atoms with van der Waals surface area (Å²) in [7, 11) is 0. The van der Waals surface area contributed by atoms with Crippen LogP contribution in [0, 0.1) is 5.82 Å². The van der Waals surface area contributed by atoms with Crippen molar-refractivity contribution in [3.8, 4) is 11.4 Å². The minimum atomic E-state index is -0.888. The zero-order valence-electron chi connectivity index (χ0n) is 9.83. The van der Waals surface area contributed by atoms with Gasteiger partial charge in [0.05, 0.1) is 16.6 Å². The number of hydrogen-bond acceptors (Lipinski definition) is 3. The van der Waals surface area contributed by atoms with Crippen LogP contribution in [0.3, 0.4) is 0 Å². The highest BCUT2D eigenvalue weighted by atomic mass is 35.5. The first kappa shape index (κ1) is 12.5. The van der Waals surface area contributed by atoms with Gasteiger partial charge >= 0.3 is 0 Å². The summed E-state index contributed by atoms with van der Waals surface area (Å²) in [6.07, 6.45) is -0.548. The second kappa shape index (κ2) is 4.86. The number of nitrogens with one attached hydrogen (secondary N) is 2. The van der Waals surface area contributed by atoms with Crippen molar-refractivity contribution < 1.29 is 8.78 Å². The van der Waals surface area contributed by atoms with Gasteiger partial charge in [0.25, 0.3) is 0 Å². The zero-order valence-corrected chi connectivity index (χ0v) is 10.6. The zero-order chi connectivity index (χ0) is 13.4. The lowest BCUT2D eigenvalue weighted by atomic mass is 10.2. The van der Waals surface area contributed by atoms with E-state index in [-0.39, 0.29) is 22.5 Å². The third kappa shape index (κ3) is 2.33. The third-order valence-electron chi connectivity index (χ3n) is 3.10. The molecule has 2 atom stereocenters. The number of alkyl halides is 1. The standard InChI is InChI=1S/C12H11ClF2N4/c13-8-3-1-2-7(10(8)15)11-17-12(19-18-11)9-4-6(14)5-16-9/h1-3,6,9,16H,4-5H2,(H,17,18,19)/t6-,9-/m1/s1. The van der Waals surface area contributed by atoms with Crippen LogP contribution in [0.2, 0.25) is 5.02 Å². The summed E-state index contributed by atoms with van der Waals surface area (Å²) < 4.78 is 26.9. The molecule has 1 aromatic heterocycles. The van der Waals surface area contributed by atoms with Gasteiger partial charge in [-0.05, 0) is 12.1 Å². The summed E-state index contributed by atoms with van der Waals surface area (Å²) in [5.74, 6) is 0.172. The number of H-pyrrole nitrogens is 1. The van der Waals surface area contributed by atoms with Gasteiger partial charge in [-0.15, -0.1) is 0 Å². The third-order valence-corrected chi connectivity index (χ3v) is 3.39. The lowest BCUT2D eigenvalue weighted by molar-refractivity contribution is 0.355. The van der Waals surface area contributed by atoms with Crippen LogP contribution in [-0.4, -0.2) is 27.9 Å². The first-order chi connectivity index (χ1) is 9.15. The molecule has 4 nitrogen and oxygen atoms in total. The predicted molar refractivity (Wildman–Crippen MR) is 67.0 cm³/mol. The number of nitrogens with zero attached hydrogens (tertiary/aromatic N) is 2. The highest BCUT2D eigenvalue weighted by molar-refractivity contribution is 6.31. The van der Waals surface area contributed by atoms with Gasteiger partial charge in [-0.25, -0.2) is 13.8 Å². The summed E-state index contributed by atoms with van der Waals surface area (Å²) in [5, 5.41) is 9.68. The molecule has 3 rings (SSSR count). The lowest BCUT2D eigenvalue weighted by Crippen LogP contribution is -2.15. The molecule has 19 heavy (non-hydrogen) atoms.